The number of hydrogen-bond donors (Lipinski definition) is 3. The molecule has 0 unspecified atom stereocenters. The molecule has 4 aromatic rings. The Labute approximate surface area is 168 Å². The van der Waals surface area contributed by atoms with Crippen LogP contribution in [0, 0.1) is 0 Å². The number of nitrogens with zero attached hydrogens (tertiary/aromatic N) is 2. The van der Waals surface area contributed by atoms with E-state index in [0.29, 0.717) is 11.7 Å². The van der Waals surface area contributed by atoms with Crippen LogP contribution in [0.1, 0.15) is 5.56 Å². The van der Waals surface area contributed by atoms with E-state index in [9.17, 15) is 0 Å². The molecule has 0 fully saturated rings. The fourth-order valence-electron chi connectivity index (χ4n) is 2.82. The van der Waals surface area contributed by atoms with Crippen LogP contribution < -0.4 is 16.0 Å². The van der Waals surface area contributed by atoms with Gasteiger partial charge in [-0.05, 0) is 58.9 Å². The fraction of sp³-hybridized carbons (Fsp3) is 0.0455. The minimum Gasteiger partial charge on any atom is -0.358 e. The van der Waals surface area contributed by atoms with Gasteiger partial charge in [0.1, 0.15) is 5.82 Å². The molecular formula is C22H19N5S. The molecule has 0 aliphatic carbocycles. The predicted molar refractivity (Wildman–Crippen MR) is 119 cm³/mol. The van der Waals surface area contributed by atoms with E-state index in [0.717, 1.165) is 22.8 Å². The zero-order valence-corrected chi connectivity index (χ0v) is 15.9. The number of thiocarbonyl (C=S) groups is 1. The molecule has 0 spiro atoms. The molecule has 3 N–H and O–H groups in total. The summed E-state index contributed by atoms with van der Waals surface area (Å²) in [6.07, 6.45) is 5.31. The molecule has 0 aliphatic heterocycles. The average molecular weight is 385 g/mol. The molecule has 0 atom stereocenters. The molecule has 0 saturated heterocycles. The highest BCUT2D eigenvalue weighted by Gasteiger charge is 2.01. The van der Waals surface area contributed by atoms with Crippen molar-refractivity contribution in [2.24, 2.45) is 0 Å². The van der Waals surface area contributed by atoms with Crippen LogP contribution in [0.5, 0.6) is 0 Å². The molecule has 0 bridgehead atoms. The molecule has 2 heterocycles. The largest absolute Gasteiger partial charge is 0.358 e. The van der Waals surface area contributed by atoms with Crippen molar-refractivity contribution in [2.75, 3.05) is 10.6 Å². The summed E-state index contributed by atoms with van der Waals surface area (Å²) in [6.45, 7) is 0.620. The number of anilines is 3. The smallest absolute Gasteiger partial charge is 0.171 e. The van der Waals surface area contributed by atoms with Crippen molar-refractivity contribution in [3.8, 4) is 0 Å². The Morgan fingerprint density at radius 2 is 1.71 bits per heavy atom. The summed E-state index contributed by atoms with van der Waals surface area (Å²) in [7, 11) is 0. The van der Waals surface area contributed by atoms with Gasteiger partial charge in [-0.2, -0.15) is 0 Å². The summed E-state index contributed by atoms with van der Waals surface area (Å²) in [6, 6.07) is 22.3. The number of fused-ring (bicyclic) bond motifs is 1. The third kappa shape index (κ3) is 4.61. The predicted octanol–water partition coefficient (Wildman–Crippen LogP) is 4.86. The molecule has 0 amide bonds. The highest BCUT2D eigenvalue weighted by atomic mass is 32.1. The second kappa shape index (κ2) is 8.45. The van der Waals surface area contributed by atoms with Crippen molar-refractivity contribution in [1.29, 1.82) is 0 Å². The fourth-order valence-corrected chi connectivity index (χ4v) is 3.01. The highest BCUT2D eigenvalue weighted by molar-refractivity contribution is 7.80. The third-order valence-corrected chi connectivity index (χ3v) is 4.47. The van der Waals surface area contributed by atoms with Crippen molar-refractivity contribution >= 4 is 45.3 Å². The SMILES string of the molecule is S=C(NCc1cccnc1)Nc1ccc(Nc2ccc3ccccc3c2)nc1. The van der Waals surface area contributed by atoms with E-state index in [2.05, 4.69) is 50.2 Å². The van der Waals surface area contributed by atoms with Crippen LogP contribution in [0.15, 0.2) is 85.3 Å². The van der Waals surface area contributed by atoms with Crippen LogP contribution in [-0.4, -0.2) is 15.1 Å². The highest BCUT2D eigenvalue weighted by Crippen LogP contribution is 2.22. The maximum absolute atomic E-state index is 5.33. The topological polar surface area (TPSA) is 61.9 Å². The van der Waals surface area contributed by atoms with Crippen molar-refractivity contribution in [2.45, 2.75) is 6.54 Å². The number of hydrogen-bond acceptors (Lipinski definition) is 4. The van der Waals surface area contributed by atoms with Gasteiger partial charge in [0, 0.05) is 24.6 Å². The van der Waals surface area contributed by atoms with Crippen molar-refractivity contribution < 1.29 is 0 Å². The molecule has 0 saturated carbocycles. The number of aromatic nitrogens is 2. The van der Waals surface area contributed by atoms with Crippen molar-refractivity contribution in [3.63, 3.8) is 0 Å². The normalized spacial score (nSPS) is 10.4. The van der Waals surface area contributed by atoms with Crippen LogP contribution in [-0.2, 0) is 6.54 Å². The van der Waals surface area contributed by atoms with Crippen LogP contribution in [0.4, 0.5) is 17.2 Å². The minimum absolute atomic E-state index is 0.542. The standard InChI is InChI=1S/C22H19N5S/c28-22(25-14-16-4-3-11-23-13-16)27-20-9-10-21(24-15-20)26-19-8-7-17-5-1-2-6-18(17)12-19/h1-13,15H,14H2,(H,24,26)(H2,25,27,28). The molecule has 28 heavy (non-hydrogen) atoms. The lowest BCUT2D eigenvalue weighted by atomic mass is 10.1. The molecule has 0 aliphatic rings. The Hall–Kier alpha value is -3.51. The lowest BCUT2D eigenvalue weighted by molar-refractivity contribution is 0.916. The quantitative estimate of drug-likeness (QED) is 0.427. The summed E-state index contributed by atoms with van der Waals surface area (Å²) >= 11 is 5.33. The Morgan fingerprint density at radius 3 is 2.50 bits per heavy atom. The van der Waals surface area contributed by atoms with Gasteiger partial charge in [-0.25, -0.2) is 4.98 Å². The van der Waals surface area contributed by atoms with Gasteiger partial charge in [-0.1, -0.05) is 36.4 Å². The summed E-state index contributed by atoms with van der Waals surface area (Å²) in [5.41, 5.74) is 2.90. The summed E-state index contributed by atoms with van der Waals surface area (Å²) in [5.74, 6) is 0.773. The van der Waals surface area contributed by atoms with E-state index < -0.39 is 0 Å². The van der Waals surface area contributed by atoms with E-state index in [1.54, 1.807) is 12.4 Å². The van der Waals surface area contributed by atoms with E-state index in [-0.39, 0.29) is 0 Å². The first-order valence-corrected chi connectivity index (χ1v) is 9.33. The molecule has 6 heteroatoms. The summed E-state index contributed by atoms with van der Waals surface area (Å²) in [5, 5.41) is 12.6. The van der Waals surface area contributed by atoms with Crippen molar-refractivity contribution in [3.05, 3.63) is 90.9 Å². The molecule has 0 radical (unpaired) electrons. The second-order valence-corrected chi connectivity index (χ2v) is 6.70. The number of benzene rings is 2. The maximum Gasteiger partial charge on any atom is 0.171 e. The lowest BCUT2D eigenvalue weighted by Crippen LogP contribution is -2.27. The number of nitrogens with one attached hydrogen (secondary N) is 3. The molecule has 2 aromatic heterocycles. The zero-order chi connectivity index (χ0) is 19.2. The van der Waals surface area contributed by atoms with Crippen LogP contribution in [0.2, 0.25) is 0 Å². The van der Waals surface area contributed by atoms with Crippen molar-refractivity contribution in [1.82, 2.24) is 15.3 Å². The maximum atomic E-state index is 5.33. The lowest BCUT2D eigenvalue weighted by Gasteiger charge is -2.11. The average Bonchev–Trinajstić information content (AvgIpc) is 2.74. The van der Waals surface area contributed by atoms with Gasteiger partial charge in [-0.3, -0.25) is 4.98 Å². The Balaban J connectivity index is 1.34. The Morgan fingerprint density at radius 1 is 0.857 bits per heavy atom. The van der Waals surface area contributed by atoms with Gasteiger partial charge in [0.2, 0.25) is 0 Å². The van der Waals surface area contributed by atoms with Gasteiger partial charge in [-0.15, -0.1) is 0 Å². The summed E-state index contributed by atoms with van der Waals surface area (Å²) < 4.78 is 0. The first-order valence-electron chi connectivity index (χ1n) is 8.92. The zero-order valence-electron chi connectivity index (χ0n) is 15.1. The van der Waals surface area contributed by atoms with E-state index >= 15 is 0 Å². The second-order valence-electron chi connectivity index (χ2n) is 6.29. The van der Waals surface area contributed by atoms with Crippen LogP contribution >= 0.6 is 12.2 Å². The molecule has 4 rings (SSSR count). The Bertz CT molecular complexity index is 1080. The van der Waals surface area contributed by atoms with E-state index in [1.165, 1.54) is 10.8 Å². The van der Waals surface area contributed by atoms with Gasteiger partial charge in [0.15, 0.2) is 5.11 Å². The van der Waals surface area contributed by atoms with Gasteiger partial charge in [0.25, 0.3) is 0 Å². The summed E-state index contributed by atoms with van der Waals surface area (Å²) in [4.78, 5) is 8.54. The van der Waals surface area contributed by atoms with Gasteiger partial charge < -0.3 is 16.0 Å². The van der Waals surface area contributed by atoms with E-state index in [1.807, 2.05) is 48.7 Å². The number of rotatable bonds is 5. The van der Waals surface area contributed by atoms with Gasteiger partial charge >= 0.3 is 0 Å². The van der Waals surface area contributed by atoms with E-state index in [4.69, 9.17) is 12.2 Å². The third-order valence-electron chi connectivity index (χ3n) is 4.22. The monoisotopic (exact) mass is 385 g/mol. The molecule has 138 valence electrons. The molecular weight excluding hydrogens is 366 g/mol. The molecule has 2 aromatic carbocycles. The molecule has 5 nitrogen and oxygen atoms in total. The van der Waals surface area contributed by atoms with Gasteiger partial charge in [0.05, 0.1) is 11.9 Å². The van der Waals surface area contributed by atoms with Crippen LogP contribution in [0.3, 0.4) is 0 Å². The Kier molecular flexibility index (Phi) is 5.40. The first kappa shape index (κ1) is 17.9. The minimum atomic E-state index is 0.542. The number of pyridine rings is 2. The van der Waals surface area contributed by atoms with Crippen LogP contribution in [0.25, 0.3) is 10.8 Å². The first-order chi connectivity index (χ1) is 13.8.